The van der Waals surface area contributed by atoms with Crippen molar-refractivity contribution in [1.29, 1.82) is 0 Å². The number of anilines is 1. The van der Waals surface area contributed by atoms with Crippen molar-refractivity contribution < 1.29 is 8.42 Å². The Balaban J connectivity index is 1.96. The molecule has 3 aromatic rings. The zero-order chi connectivity index (χ0) is 15.0. The number of aryl methyl sites for hydroxylation is 1. The molecule has 0 aliphatic carbocycles. The number of aromatic amines is 1. The molecule has 0 fully saturated rings. The Bertz CT molecular complexity index is 921. The van der Waals surface area contributed by atoms with E-state index in [1.54, 1.807) is 18.2 Å². The number of nitrogens with one attached hydrogen (secondary N) is 2. The molecular formula is C13H11BrN4O2S. The number of hydrogen-bond donors (Lipinski definition) is 2. The molecule has 0 radical (unpaired) electrons. The number of hydrogen-bond acceptors (Lipinski definition) is 4. The molecular weight excluding hydrogens is 356 g/mol. The van der Waals surface area contributed by atoms with Gasteiger partial charge in [-0.1, -0.05) is 0 Å². The topological polar surface area (TPSA) is 87.7 Å². The van der Waals surface area contributed by atoms with Crippen LogP contribution in [0, 0.1) is 6.92 Å². The molecule has 0 aliphatic rings. The van der Waals surface area contributed by atoms with Crippen molar-refractivity contribution in [1.82, 2.24) is 15.0 Å². The minimum absolute atomic E-state index is 0.0952. The van der Waals surface area contributed by atoms with Crippen molar-refractivity contribution in [2.45, 2.75) is 11.8 Å². The summed E-state index contributed by atoms with van der Waals surface area (Å²) in [5.74, 6) is 0.779. The highest BCUT2D eigenvalue weighted by Crippen LogP contribution is 2.21. The maximum atomic E-state index is 12.3. The van der Waals surface area contributed by atoms with Crippen LogP contribution in [0.25, 0.3) is 11.0 Å². The summed E-state index contributed by atoms with van der Waals surface area (Å²) in [6.07, 6.45) is 2.82. The Morgan fingerprint density at radius 3 is 2.81 bits per heavy atom. The van der Waals surface area contributed by atoms with Crippen LogP contribution in [0.15, 0.2) is 46.0 Å². The van der Waals surface area contributed by atoms with E-state index >= 15 is 0 Å². The third-order valence-corrected chi connectivity index (χ3v) is 4.62. The van der Waals surface area contributed by atoms with E-state index in [0.29, 0.717) is 10.2 Å². The van der Waals surface area contributed by atoms with Gasteiger partial charge in [-0.3, -0.25) is 9.71 Å². The standard InChI is InChI=1S/C13H11BrN4O2S/c1-8-16-12-3-2-10(5-13(12)17-8)18-21(19,20)11-4-9(14)6-15-7-11/h2-7,18H,1H3,(H,16,17). The van der Waals surface area contributed by atoms with Crippen molar-refractivity contribution in [2.75, 3.05) is 4.72 Å². The second-order valence-corrected chi connectivity index (χ2v) is 7.10. The summed E-state index contributed by atoms with van der Waals surface area (Å²) in [5, 5.41) is 0. The first-order chi connectivity index (χ1) is 9.94. The lowest BCUT2D eigenvalue weighted by Crippen LogP contribution is -2.13. The van der Waals surface area contributed by atoms with Gasteiger partial charge in [0.1, 0.15) is 10.7 Å². The first-order valence-corrected chi connectivity index (χ1v) is 8.31. The van der Waals surface area contributed by atoms with Gasteiger partial charge in [-0.25, -0.2) is 13.4 Å². The summed E-state index contributed by atoms with van der Waals surface area (Å²) in [5.41, 5.74) is 2.03. The number of pyridine rings is 1. The van der Waals surface area contributed by atoms with Gasteiger partial charge < -0.3 is 4.98 Å². The highest BCUT2D eigenvalue weighted by molar-refractivity contribution is 9.10. The number of nitrogens with zero attached hydrogens (tertiary/aromatic N) is 2. The Morgan fingerprint density at radius 1 is 1.24 bits per heavy atom. The van der Waals surface area contributed by atoms with Crippen LogP contribution in [0.2, 0.25) is 0 Å². The molecule has 0 saturated carbocycles. The van der Waals surface area contributed by atoms with E-state index in [2.05, 4.69) is 35.6 Å². The highest BCUT2D eigenvalue weighted by atomic mass is 79.9. The molecule has 0 spiro atoms. The summed E-state index contributed by atoms with van der Waals surface area (Å²) < 4.78 is 27.7. The van der Waals surface area contributed by atoms with Crippen molar-refractivity contribution in [3.8, 4) is 0 Å². The van der Waals surface area contributed by atoms with Gasteiger partial charge in [0.05, 0.1) is 16.7 Å². The van der Waals surface area contributed by atoms with Gasteiger partial charge in [-0.05, 0) is 47.1 Å². The number of aromatic nitrogens is 3. The average molecular weight is 367 g/mol. The maximum Gasteiger partial charge on any atom is 0.263 e. The van der Waals surface area contributed by atoms with E-state index in [1.165, 1.54) is 18.5 Å². The van der Waals surface area contributed by atoms with Gasteiger partial charge >= 0.3 is 0 Å². The molecule has 2 heterocycles. The monoisotopic (exact) mass is 366 g/mol. The molecule has 0 atom stereocenters. The van der Waals surface area contributed by atoms with Gasteiger partial charge in [0.15, 0.2) is 0 Å². The third-order valence-electron chi connectivity index (χ3n) is 2.84. The van der Waals surface area contributed by atoms with Gasteiger partial charge in [-0.2, -0.15) is 0 Å². The molecule has 3 rings (SSSR count). The number of fused-ring (bicyclic) bond motifs is 1. The van der Waals surface area contributed by atoms with E-state index in [1.807, 2.05) is 6.92 Å². The second kappa shape index (κ2) is 5.12. The molecule has 0 aliphatic heterocycles. The molecule has 8 heteroatoms. The van der Waals surface area contributed by atoms with Gasteiger partial charge in [-0.15, -0.1) is 0 Å². The van der Waals surface area contributed by atoms with Gasteiger partial charge in [0, 0.05) is 16.9 Å². The molecule has 1 aromatic carbocycles. The number of halogens is 1. The summed E-state index contributed by atoms with van der Waals surface area (Å²) in [6.45, 7) is 1.84. The lowest BCUT2D eigenvalue weighted by molar-refractivity contribution is 0.600. The van der Waals surface area contributed by atoms with Crippen LogP contribution in [0.4, 0.5) is 5.69 Å². The van der Waals surface area contributed by atoms with E-state index in [0.717, 1.165) is 16.9 Å². The van der Waals surface area contributed by atoms with Crippen LogP contribution >= 0.6 is 15.9 Å². The Kier molecular flexibility index (Phi) is 3.42. The Labute approximate surface area is 129 Å². The quantitative estimate of drug-likeness (QED) is 0.745. The second-order valence-electron chi connectivity index (χ2n) is 4.50. The number of benzene rings is 1. The molecule has 0 bridgehead atoms. The molecule has 2 aromatic heterocycles. The van der Waals surface area contributed by atoms with Crippen LogP contribution in [0.5, 0.6) is 0 Å². The van der Waals surface area contributed by atoms with Crippen molar-refractivity contribution in [3.05, 3.63) is 47.0 Å². The predicted octanol–water partition coefficient (Wildman–Crippen LogP) is 2.83. The summed E-state index contributed by atoms with van der Waals surface area (Å²) in [4.78, 5) is 11.3. The fourth-order valence-corrected chi connectivity index (χ4v) is 3.51. The summed E-state index contributed by atoms with van der Waals surface area (Å²) >= 11 is 3.21. The normalized spacial score (nSPS) is 11.7. The lowest BCUT2D eigenvalue weighted by Gasteiger charge is -2.08. The van der Waals surface area contributed by atoms with Crippen molar-refractivity contribution in [3.63, 3.8) is 0 Å². The summed E-state index contributed by atoms with van der Waals surface area (Å²) in [7, 11) is -3.67. The summed E-state index contributed by atoms with van der Waals surface area (Å²) in [6, 6.07) is 6.63. The SMILES string of the molecule is Cc1nc2ccc(NS(=O)(=O)c3cncc(Br)c3)cc2[nH]1. The number of rotatable bonds is 3. The molecule has 108 valence electrons. The van der Waals surface area contributed by atoms with E-state index in [4.69, 9.17) is 0 Å². The first kappa shape index (κ1) is 14.0. The molecule has 2 N–H and O–H groups in total. The molecule has 21 heavy (non-hydrogen) atoms. The lowest BCUT2D eigenvalue weighted by atomic mass is 10.3. The predicted molar refractivity (Wildman–Crippen MR) is 83.6 cm³/mol. The number of sulfonamides is 1. The number of imidazole rings is 1. The fraction of sp³-hybridized carbons (Fsp3) is 0.0769. The molecule has 6 nitrogen and oxygen atoms in total. The smallest absolute Gasteiger partial charge is 0.263 e. The van der Waals surface area contributed by atoms with E-state index in [9.17, 15) is 8.42 Å². The average Bonchev–Trinajstić information content (AvgIpc) is 2.77. The van der Waals surface area contributed by atoms with Crippen molar-refractivity contribution in [2.24, 2.45) is 0 Å². The minimum atomic E-state index is -3.67. The minimum Gasteiger partial charge on any atom is -0.342 e. The van der Waals surface area contributed by atoms with Gasteiger partial charge in [0.25, 0.3) is 10.0 Å². The maximum absolute atomic E-state index is 12.3. The van der Waals surface area contributed by atoms with Crippen LogP contribution in [-0.2, 0) is 10.0 Å². The number of H-pyrrole nitrogens is 1. The Hall–Kier alpha value is -1.93. The van der Waals surface area contributed by atoms with Crippen LogP contribution in [-0.4, -0.2) is 23.4 Å². The molecule has 0 amide bonds. The molecule has 0 saturated heterocycles. The molecule has 0 unspecified atom stereocenters. The zero-order valence-electron chi connectivity index (χ0n) is 11.0. The largest absolute Gasteiger partial charge is 0.342 e. The Morgan fingerprint density at radius 2 is 2.05 bits per heavy atom. The first-order valence-electron chi connectivity index (χ1n) is 6.04. The van der Waals surface area contributed by atoms with Crippen LogP contribution in [0.3, 0.4) is 0 Å². The zero-order valence-corrected chi connectivity index (χ0v) is 13.4. The fourth-order valence-electron chi connectivity index (χ4n) is 1.95. The van der Waals surface area contributed by atoms with E-state index < -0.39 is 10.0 Å². The van der Waals surface area contributed by atoms with Crippen molar-refractivity contribution >= 4 is 42.7 Å². The van der Waals surface area contributed by atoms with E-state index in [-0.39, 0.29) is 4.90 Å². The third kappa shape index (κ3) is 2.91. The van der Waals surface area contributed by atoms with Crippen LogP contribution < -0.4 is 4.72 Å². The highest BCUT2D eigenvalue weighted by Gasteiger charge is 2.15. The van der Waals surface area contributed by atoms with Crippen LogP contribution in [0.1, 0.15) is 5.82 Å². The van der Waals surface area contributed by atoms with Gasteiger partial charge in [0.2, 0.25) is 0 Å².